The van der Waals surface area contributed by atoms with Gasteiger partial charge in [0.1, 0.15) is 5.75 Å². The van der Waals surface area contributed by atoms with Crippen LogP contribution in [0.1, 0.15) is 34.1 Å². The van der Waals surface area contributed by atoms with Gasteiger partial charge in [-0.15, -0.1) is 0 Å². The number of amides is 2. The summed E-state index contributed by atoms with van der Waals surface area (Å²) in [5, 5.41) is 5.34. The highest BCUT2D eigenvalue weighted by molar-refractivity contribution is 6.10. The molecule has 23 heavy (non-hydrogen) atoms. The van der Waals surface area contributed by atoms with Gasteiger partial charge < -0.3 is 15.4 Å². The molecule has 0 aromatic heterocycles. The number of hydrogen-bond acceptors (Lipinski definition) is 3. The maximum absolute atomic E-state index is 12.5. The number of benzene rings is 2. The molecule has 2 rings (SSSR count). The zero-order valence-corrected chi connectivity index (χ0v) is 13.3. The van der Waals surface area contributed by atoms with E-state index in [2.05, 4.69) is 10.6 Å². The second-order valence-corrected chi connectivity index (χ2v) is 4.92. The van der Waals surface area contributed by atoms with Crippen LogP contribution in [-0.4, -0.2) is 25.5 Å². The number of nitrogens with one attached hydrogen (secondary N) is 2. The second kappa shape index (κ2) is 7.98. The maximum atomic E-state index is 12.5. The van der Waals surface area contributed by atoms with Gasteiger partial charge in [-0.3, -0.25) is 9.59 Å². The molecule has 0 saturated heterocycles. The minimum Gasteiger partial charge on any atom is -0.493 e. The van der Waals surface area contributed by atoms with Gasteiger partial charge in [-0.25, -0.2) is 0 Å². The van der Waals surface area contributed by atoms with Crippen molar-refractivity contribution in [2.45, 2.75) is 13.3 Å². The smallest absolute Gasteiger partial charge is 0.259 e. The van der Waals surface area contributed by atoms with Gasteiger partial charge in [0.15, 0.2) is 0 Å². The normalized spacial score (nSPS) is 10.0. The number of carbonyl (C=O) groups excluding carboxylic acids is 2. The molecule has 0 bridgehead atoms. The Morgan fingerprint density at radius 2 is 1.61 bits per heavy atom. The third-order valence-electron chi connectivity index (χ3n) is 3.24. The van der Waals surface area contributed by atoms with Crippen LogP contribution in [0.15, 0.2) is 48.5 Å². The highest BCUT2D eigenvalue weighted by atomic mass is 16.5. The molecular formula is C18H20N2O3. The molecule has 2 aromatic carbocycles. The van der Waals surface area contributed by atoms with Gasteiger partial charge in [0, 0.05) is 7.05 Å². The number of anilines is 1. The van der Waals surface area contributed by atoms with E-state index in [1.165, 1.54) is 0 Å². The first-order valence-electron chi connectivity index (χ1n) is 7.51. The summed E-state index contributed by atoms with van der Waals surface area (Å²) < 4.78 is 5.60. The van der Waals surface area contributed by atoms with E-state index in [0.717, 1.165) is 6.42 Å². The van der Waals surface area contributed by atoms with Crippen molar-refractivity contribution >= 4 is 17.5 Å². The third kappa shape index (κ3) is 4.10. The quantitative estimate of drug-likeness (QED) is 0.861. The number of hydrogen-bond donors (Lipinski definition) is 2. The van der Waals surface area contributed by atoms with Gasteiger partial charge in [0.2, 0.25) is 0 Å². The summed E-state index contributed by atoms with van der Waals surface area (Å²) in [6.07, 6.45) is 0.857. The molecule has 2 amide bonds. The average Bonchev–Trinajstić information content (AvgIpc) is 2.60. The van der Waals surface area contributed by atoms with Gasteiger partial charge in [-0.2, -0.15) is 0 Å². The minimum atomic E-state index is -0.312. The number of rotatable bonds is 6. The standard InChI is InChI=1S/C18H20N2O3/c1-3-12-23-16-11-7-5-9-14(16)18(22)20-15-10-6-4-8-13(15)17(21)19-2/h4-11H,3,12H2,1-2H3,(H,19,21)(H,20,22). The van der Waals surface area contributed by atoms with Crippen LogP contribution in [-0.2, 0) is 0 Å². The Morgan fingerprint density at radius 3 is 2.30 bits per heavy atom. The van der Waals surface area contributed by atoms with Crippen molar-refractivity contribution in [1.29, 1.82) is 0 Å². The van der Waals surface area contributed by atoms with Crippen LogP contribution in [0.4, 0.5) is 5.69 Å². The van der Waals surface area contributed by atoms with Gasteiger partial charge in [-0.05, 0) is 30.7 Å². The van der Waals surface area contributed by atoms with E-state index in [1.54, 1.807) is 49.5 Å². The molecule has 0 unspecified atom stereocenters. The van der Waals surface area contributed by atoms with Crippen molar-refractivity contribution in [3.8, 4) is 5.75 Å². The van der Waals surface area contributed by atoms with Crippen LogP contribution in [0.25, 0.3) is 0 Å². The lowest BCUT2D eigenvalue weighted by atomic mass is 10.1. The predicted molar refractivity (Wildman–Crippen MR) is 90.0 cm³/mol. The summed E-state index contributed by atoms with van der Waals surface area (Å²) in [5.74, 6) is -0.0336. The summed E-state index contributed by atoms with van der Waals surface area (Å²) in [6.45, 7) is 2.54. The third-order valence-corrected chi connectivity index (χ3v) is 3.24. The van der Waals surface area contributed by atoms with Crippen molar-refractivity contribution in [3.05, 3.63) is 59.7 Å². The van der Waals surface area contributed by atoms with Gasteiger partial charge >= 0.3 is 0 Å². The fourth-order valence-electron chi connectivity index (χ4n) is 2.11. The molecule has 2 aromatic rings. The Morgan fingerprint density at radius 1 is 0.957 bits per heavy atom. The van der Waals surface area contributed by atoms with Crippen molar-refractivity contribution in [1.82, 2.24) is 5.32 Å². The molecule has 0 aliphatic carbocycles. The number of carbonyl (C=O) groups is 2. The molecule has 2 N–H and O–H groups in total. The predicted octanol–water partition coefficient (Wildman–Crippen LogP) is 3.09. The second-order valence-electron chi connectivity index (χ2n) is 4.92. The lowest BCUT2D eigenvalue weighted by Crippen LogP contribution is -2.21. The molecule has 0 heterocycles. The lowest BCUT2D eigenvalue weighted by molar-refractivity contribution is 0.0964. The van der Waals surface area contributed by atoms with Crippen LogP contribution in [0.2, 0.25) is 0 Å². The fraction of sp³-hybridized carbons (Fsp3) is 0.222. The first-order valence-corrected chi connectivity index (χ1v) is 7.51. The van der Waals surface area contributed by atoms with Crippen molar-refractivity contribution in [2.75, 3.05) is 19.0 Å². The Bertz CT molecular complexity index is 698. The topological polar surface area (TPSA) is 67.4 Å². The largest absolute Gasteiger partial charge is 0.493 e. The SMILES string of the molecule is CCCOc1ccccc1C(=O)Nc1ccccc1C(=O)NC. The van der Waals surface area contributed by atoms with E-state index < -0.39 is 0 Å². The van der Waals surface area contributed by atoms with Crippen LogP contribution in [0.5, 0.6) is 5.75 Å². The molecular weight excluding hydrogens is 292 g/mol. The summed E-state index contributed by atoms with van der Waals surface area (Å²) in [4.78, 5) is 24.4. The Labute approximate surface area is 135 Å². The van der Waals surface area contributed by atoms with Crippen molar-refractivity contribution in [3.63, 3.8) is 0 Å². The van der Waals surface area contributed by atoms with Crippen LogP contribution < -0.4 is 15.4 Å². The van der Waals surface area contributed by atoms with Crippen molar-refractivity contribution in [2.24, 2.45) is 0 Å². The van der Waals surface area contributed by atoms with Crippen LogP contribution >= 0.6 is 0 Å². The minimum absolute atomic E-state index is 0.253. The first kappa shape index (κ1) is 16.5. The summed E-state index contributed by atoms with van der Waals surface area (Å²) in [5.41, 5.74) is 1.31. The number of para-hydroxylation sites is 2. The Kier molecular flexibility index (Phi) is 5.74. The highest BCUT2D eigenvalue weighted by Crippen LogP contribution is 2.21. The van der Waals surface area contributed by atoms with E-state index in [9.17, 15) is 9.59 Å². The Hall–Kier alpha value is -2.82. The zero-order valence-electron chi connectivity index (χ0n) is 13.3. The van der Waals surface area contributed by atoms with Gasteiger partial charge in [0.25, 0.3) is 11.8 Å². The maximum Gasteiger partial charge on any atom is 0.259 e. The molecule has 0 radical (unpaired) electrons. The van der Waals surface area contributed by atoms with E-state index >= 15 is 0 Å². The van der Waals surface area contributed by atoms with Gasteiger partial charge in [0.05, 0.1) is 23.4 Å². The highest BCUT2D eigenvalue weighted by Gasteiger charge is 2.15. The molecule has 0 aliphatic rings. The fourth-order valence-corrected chi connectivity index (χ4v) is 2.11. The molecule has 0 saturated carbocycles. The first-order chi connectivity index (χ1) is 11.2. The molecule has 0 aliphatic heterocycles. The average molecular weight is 312 g/mol. The van der Waals surface area contributed by atoms with Gasteiger partial charge in [-0.1, -0.05) is 31.2 Å². The molecule has 5 nitrogen and oxygen atoms in total. The zero-order chi connectivity index (χ0) is 16.7. The Balaban J connectivity index is 2.25. The number of ether oxygens (including phenoxy) is 1. The van der Waals surface area contributed by atoms with E-state index in [4.69, 9.17) is 4.74 Å². The van der Waals surface area contributed by atoms with Crippen LogP contribution in [0, 0.1) is 0 Å². The molecule has 0 atom stereocenters. The summed E-state index contributed by atoms with van der Waals surface area (Å²) >= 11 is 0. The molecule has 5 heteroatoms. The van der Waals surface area contributed by atoms with E-state index in [-0.39, 0.29) is 11.8 Å². The van der Waals surface area contributed by atoms with E-state index in [0.29, 0.717) is 29.2 Å². The lowest BCUT2D eigenvalue weighted by Gasteiger charge is -2.13. The van der Waals surface area contributed by atoms with E-state index in [1.807, 2.05) is 13.0 Å². The molecule has 0 fully saturated rings. The molecule has 0 spiro atoms. The monoisotopic (exact) mass is 312 g/mol. The van der Waals surface area contributed by atoms with Crippen molar-refractivity contribution < 1.29 is 14.3 Å². The summed E-state index contributed by atoms with van der Waals surface area (Å²) in [6, 6.07) is 13.9. The molecule has 120 valence electrons. The summed E-state index contributed by atoms with van der Waals surface area (Å²) in [7, 11) is 1.55. The van der Waals surface area contributed by atoms with Crippen LogP contribution in [0.3, 0.4) is 0 Å².